The summed E-state index contributed by atoms with van der Waals surface area (Å²) in [5.41, 5.74) is 0.868. The summed E-state index contributed by atoms with van der Waals surface area (Å²) in [5, 5.41) is 4.64. The van der Waals surface area contributed by atoms with E-state index in [4.69, 9.17) is 11.6 Å². The van der Waals surface area contributed by atoms with Crippen LogP contribution in [0.2, 0.25) is 5.28 Å². The Morgan fingerprint density at radius 1 is 1.10 bits per heavy atom. The molecule has 0 radical (unpaired) electrons. The number of nitrogens with zero attached hydrogens (tertiary/aromatic N) is 3. The van der Waals surface area contributed by atoms with Crippen LogP contribution in [0.4, 0.5) is 5.82 Å². The van der Waals surface area contributed by atoms with Crippen LogP contribution in [0.3, 0.4) is 0 Å². The van der Waals surface area contributed by atoms with Gasteiger partial charge in [-0.1, -0.05) is 26.0 Å². The molecule has 1 N–H and O–H groups in total. The van der Waals surface area contributed by atoms with Crippen LogP contribution in [-0.4, -0.2) is 41.0 Å². The molecule has 0 amide bonds. The van der Waals surface area contributed by atoms with E-state index in [0.29, 0.717) is 0 Å². The van der Waals surface area contributed by atoms with Crippen LogP contribution in [0.25, 0.3) is 10.9 Å². The Kier molecular flexibility index (Phi) is 9.62. The molecule has 4 nitrogen and oxygen atoms in total. The van der Waals surface area contributed by atoms with Gasteiger partial charge >= 0.3 is 0 Å². The van der Waals surface area contributed by atoms with Gasteiger partial charge in [-0.15, -0.1) is 24.8 Å². The summed E-state index contributed by atoms with van der Waals surface area (Å²) in [5.74, 6) is 0.808. The number of likely N-dealkylation sites (N-methyl/N-ethyl adjacent to an activating group) is 1. The molecule has 2 rings (SSSR count). The van der Waals surface area contributed by atoms with Crippen LogP contribution in [0, 0.1) is 0 Å². The molecule has 7 heteroatoms. The number of anilines is 1. The third-order valence-corrected chi connectivity index (χ3v) is 3.36. The molecule has 0 aliphatic rings. The summed E-state index contributed by atoms with van der Waals surface area (Å²) in [7, 11) is 0. The Morgan fingerprint density at radius 2 is 1.76 bits per heavy atom. The van der Waals surface area contributed by atoms with E-state index in [9.17, 15) is 0 Å². The molecule has 0 aliphatic heterocycles. The van der Waals surface area contributed by atoms with E-state index in [-0.39, 0.29) is 30.1 Å². The first-order valence-electron chi connectivity index (χ1n) is 6.63. The zero-order chi connectivity index (χ0) is 13.7. The lowest BCUT2D eigenvalue weighted by atomic mass is 10.2. The summed E-state index contributed by atoms with van der Waals surface area (Å²) < 4.78 is 0. The van der Waals surface area contributed by atoms with E-state index < -0.39 is 0 Å². The quantitative estimate of drug-likeness (QED) is 0.802. The molecule has 1 heterocycles. The molecule has 2 aromatic rings. The average Bonchev–Trinajstić information content (AvgIpc) is 2.43. The first-order chi connectivity index (χ1) is 9.24. The van der Waals surface area contributed by atoms with Gasteiger partial charge in [-0.25, -0.2) is 9.97 Å². The van der Waals surface area contributed by atoms with Crippen molar-refractivity contribution in [2.24, 2.45) is 0 Å². The molecule has 0 saturated heterocycles. The lowest BCUT2D eigenvalue weighted by Gasteiger charge is -2.18. The number of nitrogens with one attached hydrogen (secondary N) is 1. The highest BCUT2D eigenvalue weighted by Crippen LogP contribution is 2.21. The summed E-state index contributed by atoms with van der Waals surface area (Å²) in [4.78, 5) is 10.8. The maximum Gasteiger partial charge on any atom is 0.224 e. The van der Waals surface area contributed by atoms with Crippen LogP contribution in [0.15, 0.2) is 24.3 Å². The molecular formula is C14H21Cl3N4. The number of hydrogen-bond acceptors (Lipinski definition) is 4. The van der Waals surface area contributed by atoms with Crippen LogP contribution in [0.5, 0.6) is 0 Å². The van der Waals surface area contributed by atoms with Gasteiger partial charge in [0.1, 0.15) is 5.82 Å². The number of benzene rings is 1. The fraction of sp³-hybridized carbons (Fsp3) is 0.429. The van der Waals surface area contributed by atoms with Crippen LogP contribution in [-0.2, 0) is 0 Å². The van der Waals surface area contributed by atoms with E-state index in [0.717, 1.165) is 42.9 Å². The molecule has 0 aliphatic carbocycles. The highest BCUT2D eigenvalue weighted by Gasteiger charge is 2.06. The number of para-hydroxylation sites is 1. The van der Waals surface area contributed by atoms with Gasteiger partial charge < -0.3 is 10.2 Å². The van der Waals surface area contributed by atoms with Crippen molar-refractivity contribution in [1.82, 2.24) is 14.9 Å². The topological polar surface area (TPSA) is 41.0 Å². The van der Waals surface area contributed by atoms with Gasteiger partial charge in [0, 0.05) is 18.5 Å². The van der Waals surface area contributed by atoms with Crippen molar-refractivity contribution in [3.8, 4) is 0 Å². The highest BCUT2D eigenvalue weighted by molar-refractivity contribution is 6.28. The van der Waals surface area contributed by atoms with Gasteiger partial charge in [-0.3, -0.25) is 0 Å². The molecular weight excluding hydrogens is 331 g/mol. The Bertz CT molecular complexity index is 547. The van der Waals surface area contributed by atoms with E-state index >= 15 is 0 Å². The third-order valence-electron chi connectivity index (χ3n) is 3.19. The molecule has 0 saturated carbocycles. The van der Waals surface area contributed by atoms with Gasteiger partial charge in [0.05, 0.1) is 5.52 Å². The van der Waals surface area contributed by atoms with E-state index in [1.807, 2.05) is 24.3 Å². The molecule has 0 atom stereocenters. The smallest absolute Gasteiger partial charge is 0.224 e. The van der Waals surface area contributed by atoms with Gasteiger partial charge in [-0.05, 0) is 36.8 Å². The lowest BCUT2D eigenvalue weighted by Crippen LogP contribution is -2.28. The van der Waals surface area contributed by atoms with Crippen molar-refractivity contribution in [3.05, 3.63) is 29.5 Å². The predicted molar refractivity (Wildman–Crippen MR) is 95.3 cm³/mol. The zero-order valence-electron chi connectivity index (χ0n) is 12.2. The first kappa shape index (κ1) is 20.2. The van der Waals surface area contributed by atoms with Crippen molar-refractivity contribution < 1.29 is 0 Å². The minimum Gasteiger partial charge on any atom is -0.368 e. The number of halogens is 3. The summed E-state index contributed by atoms with van der Waals surface area (Å²) >= 11 is 5.95. The second-order valence-electron chi connectivity index (χ2n) is 4.31. The second kappa shape index (κ2) is 10.0. The third kappa shape index (κ3) is 5.47. The largest absolute Gasteiger partial charge is 0.368 e. The Morgan fingerprint density at radius 3 is 2.43 bits per heavy atom. The average molecular weight is 352 g/mol. The van der Waals surface area contributed by atoms with Crippen molar-refractivity contribution in [3.63, 3.8) is 0 Å². The monoisotopic (exact) mass is 350 g/mol. The summed E-state index contributed by atoms with van der Waals surface area (Å²) in [6.45, 7) is 8.29. The fourth-order valence-corrected chi connectivity index (χ4v) is 2.23. The van der Waals surface area contributed by atoms with Crippen molar-refractivity contribution in [2.75, 3.05) is 31.5 Å². The highest BCUT2D eigenvalue weighted by atomic mass is 35.5. The lowest BCUT2D eigenvalue weighted by molar-refractivity contribution is 0.316. The van der Waals surface area contributed by atoms with Gasteiger partial charge in [-0.2, -0.15) is 0 Å². The van der Waals surface area contributed by atoms with Crippen LogP contribution >= 0.6 is 36.4 Å². The summed E-state index contributed by atoms with van der Waals surface area (Å²) in [6.07, 6.45) is 0. The Hall–Kier alpha value is -0.810. The van der Waals surface area contributed by atoms with Gasteiger partial charge in [0.25, 0.3) is 0 Å². The standard InChI is InChI=1S/C14H19ClN4.2ClH/c1-3-19(4-2)10-9-16-13-11-7-5-6-8-12(11)17-14(15)18-13;;/h5-8H,3-4,9-10H2,1-2H3,(H,16,17,18);2*1H. The van der Waals surface area contributed by atoms with Crippen molar-refractivity contribution >= 4 is 53.1 Å². The van der Waals surface area contributed by atoms with Crippen LogP contribution in [0.1, 0.15) is 13.8 Å². The molecule has 21 heavy (non-hydrogen) atoms. The predicted octanol–water partition coefficient (Wildman–Crippen LogP) is 3.88. The molecule has 0 spiro atoms. The number of rotatable bonds is 6. The van der Waals surface area contributed by atoms with E-state index in [2.05, 4.69) is 34.0 Å². The molecule has 118 valence electrons. The molecule has 1 aromatic carbocycles. The maximum atomic E-state index is 5.95. The fourth-order valence-electron chi connectivity index (χ4n) is 2.06. The Balaban J connectivity index is 0.00000200. The zero-order valence-corrected chi connectivity index (χ0v) is 14.6. The number of aromatic nitrogens is 2. The summed E-state index contributed by atoms with van der Waals surface area (Å²) in [6, 6.07) is 7.88. The second-order valence-corrected chi connectivity index (χ2v) is 4.65. The molecule has 0 fully saturated rings. The molecule has 1 aromatic heterocycles. The van der Waals surface area contributed by atoms with Crippen molar-refractivity contribution in [1.29, 1.82) is 0 Å². The van der Waals surface area contributed by atoms with Crippen LogP contribution < -0.4 is 5.32 Å². The Labute approximate surface area is 143 Å². The minimum absolute atomic E-state index is 0. The number of hydrogen-bond donors (Lipinski definition) is 1. The number of fused-ring (bicyclic) bond motifs is 1. The van der Waals surface area contributed by atoms with Gasteiger partial charge in [0.2, 0.25) is 5.28 Å². The normalized spacial score (nSPS) is 10.1. The minimum atomic E-state index is 0. The molecule has 0 unspecified atom stereocenters. The van der Waals surface area contributed by atoms with E-state index in [1.165, 1.54) is 0 Å². The van der Waals surface area contributed by atoms with E-state index in [1.54, 1.807) is 0 Å². The van der Waals surface area contributed by atoms with Gasteiger partial charge in [0.15, 0.2) is 0 Å². The molecule has 0 bridgehead atoms. The maximum absolute atomic E-state index is 5.95. The SMILES string of the molecule is CCN(CC)CCNc1nc(Cl)nc2ccccc12.Cl.Cl. The first-order valence-corrected chi connectivity index (χ1v) is 7.01. The van der Waals surface area contributed by atoms with Crippen molar-refractivity contribution in [2.45, 2.75) is 13.8 Å².